The van der Waals surface area contributed by atoms with E-state index in [1.807, 2.05) is 18.2 Å². The van der Waals surface area contributed by atoms with Crippen LogP contribution in [0.3, 0.4) is 0 Å². The van der Waals surface area contributed by atoms with Gasteiger partial charge in [-0.05, 0) is 25.1 Å². The van der Waals surface area contributed by atoms with E-state index in [0.29, 0.717) is 11.4 Å². The maximum Gasteiger partial charge on any atom is 0.295 e. The fraction of sp³-hybridized carbons (Fsp3) is 0.167. The van der Waals surface area contributed by atoms with Gasteiger partial charge in [-0.1, -0.05) is 41.4 Å². The van der Waals surface area contributed by atoms with Crippen molar-refractivity contribution in [2.45, 2.75) is 13.5 Å². The van der Waals surface area contributed by atoms with E-state index >= 15 is 0 Å². The molecule has 1 amide bonds. The van der Waals surface area contributed by atoms with Gasteiger partial charge < -0.3 is 9.88 Å². The molecule has 3 aromatic rings. The predicted molar refractivity (Wildman–Crippen MR) is 105 cm³/mol. The fourth-order valence-electron chi connectivity index (χ4n) is 2.73. The standard InChI is InChI=1S/C18H16Cl2N4O3/c1-11-16(18(27)24(22(11)2)13-6-4-3-5-7-13)21-15(25)10-23-9-12(19)8-14(20)17(23)26/h3-9H,10H2,1-2H3,(H,21,25). The summed E-state index contributed by atoms with van der Waals surface area (Å²) < 4.78 is 4.19. The van der Waals surface area contributed by atoms with Crippen molar-refractivity contribution in [2.24, 2.45) is 7.05 Å². The molecule has 2 heterocycles. The van der Waals surface area contributed by atoms with Gasteiger partial charge in [-0.25, -0.2) is 4.68 Å². The highest BCUT2D eigenvalue weighted by Gasteiger charge is 2.18. The zero-order chi connectivity index (χ0) is 19.7. The summed E-state index contributed by atoms with van der Waals surface area (Å²) in [5, 5.41) is 2.73. The highest BCUT2D eigenvalue weighted by atomic mass is 35.5. The molecule has 0 aliphatic rings. The smallest absolute Gasteiger partial charge is 0.295 e. The summed E-state index contributed by atoms with van der Waals surface area (Å²) in [7, 11) is 1.72. The van der Waals surface area contributed by atoms with Crippen LogP contribution in [-0.2, 0) is 18.4 Å². The van der Waals surface area contributed by atoms with Crippen LogP contribution in [0.2, 0.25) is 10.0 Å². The molecule has 0 atom stereocenters. The molecule has 0 bridgehead atoms. The van der Waals surface area contributed by atoms with Gasteiger partial charge in [0.15, 0.2) is 0 Å². The number of hydrogen-bond donors (Lipinski definition) is 1. The third kappa shape index (κ3) is 3.70. The molecule has 2 aromatic heterocycles. The molecule has 27 heavy (non-hydrogen) atoms. The van der Waals surface area contributed by atoms with E-state index in [-0.39, 0.29) is 27.8 Å². The number of amides is 1. The van der Waals surface area contributed by atoms with E-state index in [0.717, 1.165) is 4.57 Å². The van der Waals surface area contributed by atoms with Crippen molar-refractivity contribution in [1.29, 1.82) is 0 Å². The zero-order valence-corrected chi connectivity index (χ0v) is 16.1. The van der Waals surface area contributed by atoms with Gasteiger partial charge in [0.2, 0.25) is 5.91 Å². The molecule has 0 saturated heterocycles. The number of carbonyl (C=O) groups excluding carboxylic acids is 1. The summed E-state index contributed by atoms with van der Waals surface area (Å²) in [6.07, 6.45) is 1.31. The van der Waals surface area contributed by atoms with Crippen LogP contribution in [0.5, 0.6) is 0 Å². The van der Waals surface area contributed by atoms with Crippen LogP contribution < -0.4 is 16.4 Å². The summed E-state index contributed by atoms with van der Waals surface area (Å²) in [6, 6.07) is 10.4. The van der Waals surface area contributed by atoms with Gasteiger partial charge in [0.1, 0.15) is 17.3 Å². The summed E-state index contributed by atoms with van der Waals surface area (Å²) in [4.78, 5) is 37.2. The van der Waals surface area contributed by atoms with Gasteiger partial charge in [-0.2, -0.15) is 0 Å². The zero-order valence-electron chi connectivity index (χ0n) is 14.6. The lowest BCUT2D eigenvalue weighted by molar-refractivity contribution is -0.116. The Bertz CT molecular complexity index is 1130. The third-order valence-corrected chi connectivity index (χ3v) is 4.62. The second-order valence-corrected chi connectivity index (χ2v) is 6.77. The van der Waals surface area contributed by atoms with Gasteiger partial charge in [0.25, 0.3) is 11.1 Å². The highest BCUT2D eigenvalue weighted by molar-refractivity contribution is 6.34. The number of carbonyl (C=O) groups is 1. The molecule has 140 valence electrons. The molecular weight excluding hydrogens is 391 g/mol. The first kappa shape index (κ1) is 19.0. The van der Waals surface area contributed by atoms with Crippen LogP contribution in [0.25, 0.3) is 5.69 Å². The van der Waals surface area contributed by atoms with Crippen molar-refractivity contribution in [2.75, 3.05) is 5.32 Å². The Balaban J connectivity index is 1.92. The molecule has 3 rings (SSSR count). The van der Waals surface area contributed by atoms with Gasteiger partial charge in [0, 0.05) is 13.2 Å². The average Bonchev–Trinajstić information content (AvgIpc) is 2.83. The number of para-hydroxylation sites is 1. The lowest BCUT2D eigenvalue weighted by Gasteiger charge is -2.08. The van der Waals surface area contributed by atoms with E-state index in [1.54, 1.807) is 30.8 Å². The number of nitrogens with one attached hydrogen (secondary N) is 1. The van der Waals surface area contributed by atoms with Crippen LogP contribution in [-0.4, -0.2) is 19.8 Å². The number of benzene rings is 1. The van der Waals surface area contributed by atoms with Crippen molar-refractivity contribution in [3.05, 3.63) is 79.0 Å². The number of halogens is 2. The van der Waals surface area contributed by atoms with Gasteiger partial charge in [-0.3, -0.25) is 19.1 Å². The maximum atomic E-state index is 12.8. The molecular formula is C18H16Cl2N4O3. The summed E-state index contributed by atoms with van der Waals surface area (Å²) in [6.45, 7) is 1.40. The SMILES string of the molecule is Cc1c(NC(=O)Cn2cc(Cl)cc(Cl)c2=O)c(=O)n(-c2ccccc2)n1C. The number of aromatic nitrogens is 3. The molecule has 0 unspecified atom stereocenters. The first-order valence-electron chi connectivity index (χ1n) is 7.99. The number of hydrogen-bond acceptors (Lipinski definition) is 3. The topological polar surface area (TPSA) is 78.0 Å². The van der Waals surface area contributed by atoms with Gasteiger partial charge in [-0.15, -0.1) is 0 Å². The second-order valence-electron chi connectivity index (χ2n) is 5.92. The van der Waals surface area contributed by atoms with Crippen LogP contribution in [0.4, 0.5) is 5.69 Å². The molecule has 7 nitrogen and oxygen atoms in total. The fourth-order valence-corrected chi connectivity index (χ4v) is 3.24. The summed E-state index contributed by atoms with van der Waals surface area (Å²) in [5.74, 6) is -0.540. The minimum absolute atomic E-state index is 0.0855. The predicted octanol–water partition coefficient (Wildman–Crippen LogP) is 2.59. The third-order valence-electron chi connectivity index (χ3n) is 4.14. The van der Waals surface area contributed by atoms with Crippen molar-refractivity contribution in [3.63, 3.8) is 0 Å². The summed E-state index contributed by atoms with van der Waals surface area (Å²) in [5.41, 5.74) is 0.487. The molecule has 0 radical (unpaired) electrons. The second kappa shape index (κ2) is 7.46. The number of pyridine rings is 1. The molecule has 0 spiro atoms. The van der Waals surface area contributed by atoms with Crippen LogP contribution in [0.1, 0.15) is 5.69 Å². The molecule has 0 aliphatic carbocycles. The van der Waals surface area contributed by atoms with E-state index < -0.39 is 11.5 Å². The monoisotopic (exact) mass is 406 g/mol. The average molecular weight is 407 g/mol. The maximum absolute atomic E-state index is 12.8. The Morgan fingerprint density at radius 2 is 1.78 bits per heavy atom. The van der Waals surface area contributed by atoms with E-state index in [2.05, 4.69) is 5.32 Å². The largest absolute Gasteiger partial charge is 0.318 e. The normalized spacial score (nSPS) is 10.8. The number of anilines is 1. The lowest BCUT2D eigenvalue weighted by atomic mass is 10.3. The first-order valence-corrected chi connectivity index (χ1v) is 8.74. The van der Waals surface area contributed by atoms with Gasteiger partial charge >= 0.3 is 0 Å². The van der Waals surface area contributed by atoms with Crippen molar-refractivity contribution < 1.29 is 4.79 Å². The Morgan fingerprint density at radius 1 is 1.11 bits per heavy atom. The lowest BCUT2D eigenvalue weighted by Crippen LogP contribution is -2.29. The molecule has 0 saturated carbocycles. The van der Waals surface area contributed by atoms with Crippen LogP contribution in [0.15, 0.2) is 52.2 Å². The summed E-state index contributed by atoms with van der Waals surface area (Å²) >= 11 is 11.7. The van der Waals surface area contributed by atoms with Crippen molar-refractivity contribution >= 4 is 34.8 Å². The Morgan fingerprint density at radius 3 is 2.44 bits per heavy atom. The number of nitrogens with zero attached hydrogens (tertiary/aromatic N) is 3. The highest BCUT2D eigenvalue weighted by Crippen LogP contribution is 2.14. The van der Waals surface area contributed by atoms with E-state index in [1.165, 1.54) is 16.9 Å². The minimum Gasteiger partial charge on any atom is -0.318 e. The van der Waals surface area contributed by atoms with Gasteiger partial charge in [0.05, 0.1) is 16.4 Å². The first-order chi connectivity index (χ1) is 12.8. The van der Waals surface area contributed by atoms with E-state index in [4.69, 9.17) is 23.2 Å². The van der Waals surface area contributed by atoms with Crippen LogP contribution in [0, 0.1) is 6.92 Å². The quantitative estimate of drug-likeness (QED) is 0.722. The van der Waals surface area contributed by atoms with Crippen molar-refractivity contribution in [3.8, 4) is 5.69 Å². The molecule has 9 heteroatoms. The molecule has 1 N–H and O–H groups in total. The molecule has 1 aromatic carbocycles. The molecule has 0 aliphatic heterocycles. The minimum atomic E-state index is -0.540. The Labute approximate surface area is 164 Å². The van der Waals surface area contributed by atoms with Crippen LogP contribution >= 0.6 is 23.2 Å². The molecule has 0 fully saturated rings. The Hall–Kier alpha value is -2.77. The Kier molecular flexibility index (Phi) is 5.25. The van der Waals surface area contributed by atoms with E-state index in [9.17, 15) is 14.4 Å². The van der Waals surface area contributed by atoms with Crippen molar-refractivity contribution in [1.82, 2.24) is 13.9 Å². The number of rotatable bonds is 4.